The summed E-state index contributed by atoms with van der Waals surface area (Å²) in [5.74, 6) is 0. The lowest BCUT2D eigenvalue weighted by Gasteiger charge is -2.41. The predicted molar refractivity (Wildman–Crippen MR) is 35.3 cm³/mol. The first-order chi connectivity index (χ1) is 2.94. The number of hydrogen-bond donors (Lipinski definition) is 0. The average molecular weight is 118 g/mol. The van der Waals surface area contributed by atoms with Crippen LogP contribution in [-0.2, 0) is 0 Å². The summed E-state index contributed by atoms with van der Waals surface area (Å²) in [4.78, 5) is 0. The Hall–Kier alpha value is 0.350. The van der Waals surface area contributed by atoms with E-state index in [1.54, 1.807) is 0 Å². The zero-order valence-electron chi connectivity index (χ0n) is 4.95. The molecule has 0 spiro atoms. The summed E-state index contributed by atoms with van der Waals surface area (Å²) in [6, 6.07) is 0. The van der Waals surface area contributed by atoms with Gasteiger partial charge in [-0.05, 0) is 0 Å². The molecule has 0 heterocycles. The van der Waals surface area contributed by atoms with Gasteiger partial charge in [-0.2, -0.15) is 0 Å². The monoisotopic (exact) mass is 118 g/mol. The van der Waals surface area contributed by atoms with E-state index in [4.69, 9.17) is 11.0 Å². The molecule has 0 atom stereocenters. The molecule has 0 bridgehead atoms. The van der Waals surface area contributed by atoms with Crippen molar-refractivity contribution < 1.29 is 0 Å². The maximum Gasteiger partial charge on any atom is -0.0561 e. The molecule has 0 fully saturated rings. The summed E-state index contributed by atoms with van der Waals surface area (Å²) < 4.78 is 0. The molecule has 0 aliphatic carbocycles. The van der Waals surface area contributed by atoms with Crippen LogP contribution in [0.3, 0.4) is 0 Å². The van der Waals surface area contributed by atoms with Crippen LogP contribution in [0.1, 0.15) is 20.8 Å². The van der Waals surface area contributed by atoms with Gasteiger partial charge in [0.15, 0.2) is 0 Å². The standard InChI is InChI=1S/C4H11N2P/c1-4(2,3)7(5)6/h5-6H,1-3H3/q-2. The van der Waals surface area contributed by atoms with E-state index in [-0.39, 0.29) is 5.16 Å². The van der Waals surface area contributed by atoms with E-state index in [9.17, 15) is 0 Å². The van der Waals surface area contributed by atoms with Crippen molar-refractivity contribution in [3.63, 3.8) is 0 Å². The van der Waals surface area contributed by atoms with Crippen LogP contribution in [0.2, 0.25) is 0 Å². The summed E-state index contributed by atoms with van der Waals surface area (Å²) in [5, 5.41) is -0.102. The Bertz CT molecular complexity index is 55.2. The molecule has 2 nitrogen and oxygen atoms in total. The Kier molecular flexibility index (Phi) is 2.18. The number of rotatable bonds is 0. The molecule has 0 aromatic rings. The minimum Gasteiger partial charge on any atom is -0.669 e. The van der Waals surface area contributed by atoms with E-state index in [2.05, 4.69) is 0 Å². The van der Waals surface area contributed by atoms with E-state index in [1.807, 2.05) is 20.8 Å². The van der Waals surface area contributed by atoms with Crippen molar-refractivity contribution in [2.75, 3.05) is 0 Å². The molecular weight excluding hydrogens is 107 g/mol. The van der Waals surface area contributed by atoms with Crippen molar-refractivity contribution in [3.05, 3.63) is 11.0 Å². The van der Waals surface area contributed by atoms with Crippen molar-refractivity contribution in [1.82, 2.24) is 0 Å². The first kappa shape index (κ1) is 7.35. The highest BCUT2D eigenvalue weighted by atomic mass is 31.1. The topological polar surface area (TPSA) is 47.6 Å². The summed E-state index contributed by atoms with van der Waals surface area (Å²) in [7, 11) is -1.24. The molecule has 7 heavy (non-hydrogen) atoms. The quantitative estimate of drug-likeness (QED) is 0.438. The van der Waals surface area contributed by atoms with E-state index in [0.717, 1.165) is 0 Å². The molecule has 0 unspecified atom stereocenters. The van der Waals surface area contributed by atoms with E-state index in [0.29, 0.717) is 0 Å². The highest BCUT2D eigenvalue weighted by Gasteiger charge is 2.01. The van der Waals surface area contributed by atoms with Crippen molar-refractivity contribution in [1.29, 1.82) is 0 Å². The second-order valence-electron chi connectivity index (χ2n) is 2.51. The lowest BCUT2D eigenvalue weighted by Crippen LogP contribution is -2.05. The second-order valence-corrected chi connectivity index (χ2v) is 4.52. The molecule has 0 saturated carbocycles. The zero-order valence-corrected chi connectivity index (χ0v) is 5.84. The summed E-state index contributed by atoms with van der Waals surface area (Å²) in [5.41, 5.74) is 13.9. The largest absolute Gasteiger partial charge is 0.669 e. The summed E-state index contributed by atoms with van der Waals surface area (Å²) in [6.07, 6.45) is 0. The van der Waals surface area contributed by atoms with Gasteiger partial charge in [0, 0.05) is 0 Å². The van der Waals surface area contributed by atoms with Crippen LogP contribution >= 0.6 is 8.22 Å². The predicted octanol–water partition coefficient (Wildman–Crippen LogP) is 3.20. The van der Waals surface area contributed by atoms with Gasteiger partial charge in [0.25, 0.3) is 0 Å². The van der Waals surface area contributed by atoms with Crippen molar-refractivity contribution >= 4 is 8.22 Å². The molecule has 0 aliphatic rings. The molecule has 2 N–H and O–H groups in total. The van der Waals surface area contributed by atoms with Gasteiger partial charge in [0.1, 0.15) is 0 Å². The smallest absolute Gasteiger partial charge is 0.0561 e. The Morgan fingerprint density at radius 1 is 1.14 bits per heavy atom. The minimum absolute atomic E-state index is 0.102. The van der Waals surface area contributed by atoms with Gasteiger partial charge in [-0.15, -0.1) is 0 Å². The fraction of sp³-hybridized carbons (Fsp3) is 1.00. The van der Waals surface area contributed by atoms with E-state index < -0.39 is 8.22 Å². The molecule has 44 valence electrons. The van der Waals surface area contributed by atoms with Gasteiger partial charge in [-0.25, -0.2) is 0 Å². The summed E-state index contributed by atoms with van der Waals surface area (Å²) >= 11 is 0. The van der Waals surface area contributed by atoms with Crippen LogP contribution in [0.25, 0.3) is 11.0 Å². The van der Waals surface area contributed by atoms with Crippen molar-refractivity contribution in [2.24, 2.45) is 0 Å². The molecule has 0 rings (SSSR count). The highest BCUT2D eigenvalue weighted by molar-refractivity contribution is 7.62. The third-order valence-electron chi connectivity index (χ3n) is 0.671. The van der Waals surface area contributed by atoms with E-state index in [1.165, 1.54) is 0 Å². The lowest BCUT2D eigenvalue weighted by molar-refractivity contribution is 0.793. The van der Waals surface area contributed by atoms with Crippen LogP contribution in [0.4, 0.5) is 0 Å². The third kappa shape index (κ3) is 2.98. The SMILES string of the molecule is CC(C)(C)P([NH-])[NH-]. The molecule has 0 saturated heterocycles. The fourth-order valence-corrected chi connectivity index (χ4v) is 0. The van der Waals surface area contributed by atoms with Crippen LogP contribution in [0, 0.1) is 0 Å². The molecule has 0 aromatic carbocycles. The molecular formula is C4H11N2P-2. The van der Waals surface area contributed by atoms with E-state index >= 15 is 0 Å². The normalized spacial score (nSPS) is 12.9. The Labute approximate surface area is 46.1 Å². The second kappa shape index (κ2) is 2.08. The summed E-state index contributed by atoms with van der Waals surface area (Å²) in [6.45, 7) is 5.75. The van der Waals surface area contributed by atoms with Gasteiger partial charge in [0.2, 0.25) is 0 Å². The first-order valence-electron chi connectivity index (χ1n) is 2.17. The maximum atomic E-state index is 6.96. The van der Waals surface area contributed by atoms with Crippen LogP contribution in [0.15, 0.2) is 0 Å². The molecule has 0 amide bonds. The van der Waals surface area contributed by atoms with Gasteiger partial charge in [0.05, 0.1) is 0 Å². The van der Waals surface area contributed by atoms with Crippen LogP contribution in [0.5, 0.6) is 0 Å². The zero-order chi connectivity index (χ0) is 6.08. The Balaban J connectivity index is 3.54. The van der Waals surface area contributed by atoms with Gasteiger partial charge < -0.3 is 19.2 Å². The Morgan fingerprint density at radius 3 is 1.29 bits per heavy atom. The van der Waals surface area contributed by atoms with Crippen LogP contribution in [-0.4, -0.2) is 5.16 Å². The van der Waals surface area contributed by atoms with Gasteiger partial charge in [-0.1, -0.05) is 25.9 Å². The molecule has 0 aromatic heterocycles. The number of nitrogens with one attached hydrogen (secondary N) is 2. The third-order valence-corrected chi connectivity index (χ3v) is 2.01. The average Bonchev–Trinajstić information content (AvgIpc) is 1.31. The fourth-order valence-electron chi connectivity index (χ4n) is 0. The molecule has 3 heteroatoms. The minimum atomic E-state index is -1.24. The van der Waals surface area contributed by atoms with Gasteiger partial charge in [-0.3, -0.25) is 0 Å². The highest BCUT2D eigenvalue weighted by Crippen LogP contribution is 2.49. The number of hydrogen-bond acceptors (Lipinski definition) is 0. The van der Waals surface area contributed by atoms with Crippen molar-refractivity contribution in [3.8, 4) is 0 Å². The molecule has 0 aliphatic heterocycles. The van der Waals surface area contributed by atoms with Crippen molar-refractivity contribution in [2.45, 2.75) is 25.9 Å². The molecule has 0 radical (unpaired) electrons. The van der Waals surface area contributed by atoms with Crippen LogP contribution < -0.4 is 0 Å². The maximum absolute atomic E-state index is 6.96. The lowest BCUT2D eigenvalue weighted by atomic mass is 10.3. The first-order valence-corrected chi connectivity index (χ1v) is 3.51. The van der Waals surface area contributed by atoms with Gasteiger partial charge >= 0.3 is 0 Å². The Morgan fingerprint density at radius 2 is 1.29 bits per heavy atom.